The molecule has 0 heterocycles. The zero-order chi connectivity index (χ0) is 18.1. The first-order chi connectivity index (χ1) is 11.4. The second kappa shape index (κ2) is 9.80. The molecule has 0 spiro atoms. The van der Waals surface area contributed by atoms with Crippen molar-refractivity contribution in [2.75, 3.05) is 27.3 Å². The van der Waals surface area contributed by atoms with Gasteiger partial charge in [0, 0.05) is 32.4 Å². The molecule has 6 nitrogen and oxygen atoms in total. The van der Waals surface area contributed by atoms with E-state index in [4.69, 9.17) is 9.47 Å². The summed E-state index contributed by atoms with van der Waals surface area (Å²) in [5, 5.41) is 5.56. The minimum atomic E-state index is -0.131. The quantitative estimate of drug-likeness (QED) is 0.724. The summed E-state index contributed by atoms with van der Waals surface area (Å²) in [6.45, 7) is 6.55. The van der Waals surface area contributed by atoms with Crippen molar-refractivity contribution in [2.24, 2.45) is 5.92 Å². The van der Waals surface area contributed by atoms with E-state index in [9.17, 15) is 9.59 Å². The van der Waals surface area contributed by atoms with E-state index in [2.05, 4.69) is 24.5 Å². The fraction of sp³-hybridized carbons (Fsp3) is 0.556. The summed E-state index contributed by atoms with van der Waals surface area (Å²) in [4.78, 5) is 22.7. The molecule has 0 aliphatic heterocycles. The molecule has 1 atom stereocenters. The van der Waals surface area contributed by atoms with Crippen molar-refractivity contribution < 1.29 is 19.1 Å². The summed E-state index contributed by atoms with van der Waals surface area (Å²) < 4.78 is 10.6. The number of nitrogens with one attached hydrogen (secondary N) is 2. The van der Waals surface area contributed by atoms with E-state index in [1.165, 1.54) is 6.92 Å². The maximum atomic E-state index is 11.9. The van der Waals surface area contributed by atoms with Gasteiger partial charge in [-0.3, -0.25) is 9.59 Å². The van der Waals surface area contributed by atoms with Gasteiger partial charge in [-0.2, -0.15) is 0 Å². The second-order valence-corrected chi connectivity index (χ2v) is 6.00. The third-order valence-corrected chi connectivity index (χ3v) is 3.89. The number of benzene rings is 1. The Morgan fingerprint density at radius 2 is 1.75 bits per heavy atom. The van der Waals surface area contributed by atoms with Crippen LogP contribution in [0.15, 0.2) is 18.2 Å². The SMILES string of the molecule is COc1ccc(C(CNC(=O)CCNC(C)=O)C(C)C)cc1OC. The van der Waals surface area contributed by atoms with Crippen LogP contribution in [0.5, 0.6) is 11.5 Å². The molecule has 2 N–H and O–H groups in total. The van der Waals surface area contributed by atoms with Crippen molar-refractivity contribution in [1.29, 1.82) is 0 Å². The molecule has 6 heteroatoms. The van der Waals surface area contributed by atoms with Crippen LogP contribution in [0.25, 0.3) is 0 Å². The van der Waals surface area contributed by atoms with Crippen molar-refractivity contribution in [3.63, 3.8) is 0 Å². The summed E-state index contributed by atoms with van der Waals surface area (Å²) in [6, 6.07) is 5.82. The number of methoxy groups -OCH3 is 2. The smallest absolute Gasteiger partial charge is 0.221 e. The van der Waals surface area contributed by atoms with E-state index in [0.29, 0.717) is 30.5 Å². The summed E-state index contributed by atoms with van der Waals surface area (Å²) >= 11 is 0. The predicted molar refractivity (Wildman–Crippen MR) is 93.4 cm³/mol. The molecule has 0 aromatic heterocycles. The highest BCUT2D eigenvalue weighted by Gasteiger charge is 2.19. The Labute approximate surface area is 143 Å². The van der Waals surface area contributed by atoms with Crippen molar-refractivity contribution in [2.45, 2.75) is 33.1 Å². The van der Waals surface area contributed by atoms with E-state index in [1.807, 2.05) is 18.2 Å². The van der Waals surface area contributed by atoms with Crippen LogP contribution in [0, 0.1) is 5.92 Å². The van der Waals surface area contributed by atoms with Gasteiger partial charge < -0.3 is 20.1 Å². The topological polar surface area (TPSA) is 76.7 Å². The fourth-order valence-electron chi connectivity index (χ4n) is 2.49. The molecular formula is C18H28N2O4. The van der Waals surface area contributed by atoms with E-state index < -0.39 is 0 Å². The molecule has 1 rings (SSSR count). The Hall–Kier alpha value is -2.24. The number of amides is 2. The average Bonchev–Trinajstić information content (AvgIpc) is 2.54. The van der Waals surface area contributed by atoms with Gasteiger partial charge in [0.1, 0.15) is 0 Å². The zero-order valence-corrected chi connectivity index (χ0v) is 15.1. The fourth-order valence-corrected chi connectivity index (χ4v) is 2.49. The minimum absolute atomic E-state index is 0.0742. The van der Waals surface area contributed by atoms with E-state index in [-0.39, 0.29) is 24.2 Å². The molecule has 0 saturated heterocycles. The third-order valence-electron chi connectivity index (χ3n) is 3.89. The predicted octanol–water partition coefficient (Wildman–Crippen LogP) is 2.09. The number of ether oxygens (including phenoxy) is 2. The Morgan fingerprint density at radius 3 is 2.29 bits per heavy atom. The first-order valence-electron chi connectivity index (χ1n) is 8.12. The van der Waals surface area contributed by atoms with Crippen LogP contribution in [0.4, 0.5) is 0 Å². The van der Waals surface area contributed by atoms with Gasteiger partial charge in [0.2, 0.25) is 11.8 Å². The van der Waals surface area contributed by atoms with Crippen LogP contribution in [-0.2, 0) is 9.59 Å². The van der Waals surface area contributed by atoms with Crippen molar-refractivity contribution in [3.05, 3.63) is 23.8 Å². The standard InChI is InChI=1S/C18H28N2O4/c1-12(2)15(11-20-18(22)8-9-19-13(3)21)14-6-7-16(23-4)17(10-14)24-5/h6-7,10,12,15H,8-9,11H2,1-5H3,(H,19,21)(H,20,22). The molecule has 1 aromatic rings. The van der Waals surface area contributed by atoms with Crippen LogP contribution in [0.2, 0.25) is 0 Å². The largest absolute Gasteiger partial charge is 0.493 e. The highest BCUT2D eigenvalue weighted by Crippen LogP contribution is 2.33. The van der Waals surface area contributed by atoms with Crippen molar-refractivity contribution in [1.82, 2.24) is 10.6 Å². The molecule has 0 radical (unpaired) electrons. The molecule has 134 valence electrons. The molecule has 0 fully saturated rings. The molecule has 1 aromatic carbocycles. The lowest BCUT2D eigenvalue weighted by molar-refractivity contribution is -0.121. The van der Waals surface area contributed by atoms with Crippen LogP contribution in [0.3, 0.4) is 0 Å². The van der Waals surface area contributed by atoms with Gasteiger partial charge in [0.25, 0.3) is 0 Å². The molecule has 1 unspecified atom stereocenters. The van der Waals surface area contributed by atoms with Crippen LogP contribution in [0.1, 0.15) is 38.7 Å². The van der Waals surface area contributed by atoms with Gasteiger partial charge in [-0.1, -0.05) is 19.9 Å². The minimum Gasteiger partial charge on any atom is -0.493 e. The lowest BCUT2D eigenvalue weighted by Crippen LogP contribution is -2.33. The average molecular weight is 336 g/mol. The molecule has 2 amide bonds. The molecule has 0 bridgehead atoms. The highest BCUT2D eigenvalue weighted by atomic mass is 16.5. The first kappa shape index (κ1) is 19.8. The first-order valence-corrected chi connectivity index (χ1v) is 8.12. The Bertz CT molecular complexity index is 558. The molecule has 0 aliphatic carbocycles. The van der Waals surface area contributed by atoms with Gasteiger partial charge in [0.15, 0.2) is 11.5 Å². The van der Waals surface area contributed by atoms with Gasteiger partial charge >= 0.3 is 0 Å². The summed E-state index contributed by atoms with van der Waals surface area (Å²) in [6.07, 6.45) is 0.274. The van der Waals surface area contributed by atoms with Gasteiger partial charge in [-0.25, -0.2) is 0 Å². The Morgan fingerprint density at radius 1 is 1.08 bits per heavy atom. The molecular weight excluding hydrogens is 308 g/mol. The van der Waals surface area contributed by atoms with Gasteiger partial charge in [0.05, 0.1) is 14.2 Å². The number of hydrogen-bond donors (Lipinski definition) is 2. The number of carbonyl (C=O) groups excluding carboxylic acids is 2. The van der Waals surface area contributed by atoms with E-state index >= 15 is 0 Å². The van der Waals surface area contributed by atoms with Crippen LogP contribution < -0.4 is 20.1 Å². The summed E-state index contributed by atoms with van der Waals surface area (Å²) in [5.74, 6) is 1.66. The molecule has 0 saturated carbocycles. The van der Waals surface area contributed by atoms with Crippen molar-refractivity contribution >= 4 is 11.8 Å². The van der Waals surface area contributed by atoms with Crippen LogP contribution in [-0.4, -0.2) is 39.1 Å². The molecule has 24 heavy (non-hydrogen) atoms. The van der Waals surface area contributed by atoms with E-state index in [0.717, 1.165) is 5.56 Å². The van der Waals surface area contributed by atoms with E-state index in [1.54, 1.807) is 14.2 Å². The lowest BCUT2D eigenvalue weighted by atomic mass is 9.88. The highest BCUT2D eigenvalue weighted by molar-refractivity contribution is 5.77. The Kier molecular flexibility index (Phi) is 8.09. The third kappa shape index (κ3) is 6.10. The monoisotopic (exact) mass is 336 g/mol. The second-order valence-electron chi connectivity index (χ2n) is 6.00. The maximum Gasteiger partial charge on any atom is 0.221 e. The summed E-state index contributed by atoms with van der Waals surface area (Å²) in [7, 11) is 3.21. The lowest BCUT2D eigenvalue weighted by Gasteiger charge is -2.23. The maximum absolute atomic E-state index is 11.9. The number of carbonyl (C=O) groups is 2. The molecule has 0 aliphatic rings. The normalized spacial score (nSPS) is 11.8. The van der Waals surface area contributed by atoms with Gasteiger partial charge in [-0.05, 0) is 23.6 Å². The van der Waals surface area contributed by atoms with Crippen LogP contribution >= 0.6 is 0 Å². The summed E-state index contributed by atoms with van der Waals surface area (Å²) in [5.41, 5.74) is 1.09. The Balaban J connectivity index is 2.70. The van der Waals surface area contributed by atoms with Crippen molar-refractivity contribution in [3.8, 4) is 11.5 Å². The van der Waals surface area contributed by atoms with Gasteiger partial charge in [-0.15, -0.1) is 0 Å². The number of hydrogen-bond acceptors (Lipinski definition) is 4. The zero-order valence-electron chi connectivity index (χ0n) is 15.1. The number of rotatable bonds is 9.